The third kappa shape index (κ3) is 16.3. The molecule has 0 amide bonds. The van der Waals surface area contributed by atoms with E-state index in [0.29, 0.717) is 39.1 Å². The Morgan fingerprint density at radius 1 is 0.495 bits per heavy atom. The number of halogens is 1. The number of rotatable bonds is 24. The topological polar surface area (TPSA) is 149 Å². The van der Waals surface area contributed by atoms with Gasteiger partial charge in [-0.15, -0.1) is 13.2 Å². The van der Waals surface area contributed by atoms with Crippen molar-refractivity contribution in [3.8, 4) is 22.3 Å². The molecule has 0 aliphatic heterocycles. The van der Waals surface area contributed by atoms with Crippen LogP contribution in [0.25, 0.3) is 22.3 Å². The van der Waals surface area contributed by atoms with Gasteiger partial charge in [-0.05, 0) is 128 Å². The number of ether oxygens (including phenoxy) is 4. The Bertz CT molecular complexity index is 3500. The summed E-state index contributed by atoms with van der Waals surface area (Å²) >= 11 is 0. The number of esters is 2. The summed E-state index contributed by atoms with van der Waals surface area (Å²) in [5.41, 5.74) is 8.12. The van der Waals surface area contributed by atoms with Gasteiger partial charge in [0.2, 0.25) is 9.05 Å². The lowest BCUT2D eigenvalue weighted by atomic mass is 9.72. The lowest BCUT2D eigenvalue weighted by Crippen LogP contribution is -2.62. The van der Waals surface area contributed by atoms with E-state index >= 15 is 0 Å². The maximum absolute atomic E-state index is 14.5. The molecule has 11 nitrogen and oxygen atoms in total. The average molecular weight is 1260 g/mol. The highest BCUT2D eigenvalue weighted by Gasteiger charge is 2.54. The Balaban J connectivity index is 0.000000218. The van der Waals surface area contributed by atoms with Crippen LogP contribution in [0, 0.1) is 10.8 Å². The van der Waals surface area contributed by atoms with Crippen molar-refractivity contribution < 1.29 is 42.1 Å². The normalized spacial score (nSPS) is 15.3. The first-order valence-electron chi connectivity index (χ1n) is 30.9. The number of carbonyl (C=O) groups excluding carboxylic acids is 2. The molecule has 13 heteroatoms. The van der Waals surface area contributed by atoms with Crippen molar-refractivity contribution in [2.45, 2.75) is 115 Å². The molecule has 0 bridgehead atoms. The predicted molar refractivity (Wildman–Crippen MR) is 367 cm³/mol. The minimum absolute atomic E-state index is 0.107. The molecule has 2 unspecified atom stereocenters. The van der Waals surface area contributed by atoms with E-state index in [9.17, 15) is 23.1 Å². The van der Waals surface area contributed by atoms with Crippen LogP contribution in [-0.2, 0) is 61.9 Å². The molecule has 8 aromatic carbocycles. The SMILES string of the molecule is C=CCC(CC)(COCc1ccccc1)[C@H](NC1(c2ccccc2)c2ccccc2-c2ccccc21)C(=O)OC(C)(C)C.C=CCC(CO)(COCc1ccccc1)[C@H](NC1(c2ccccc2)c2ccccc2-c2ccccc21)C(=O)OC(C)(C)C.CS(=O)(=O)Cl. The van der Waals surface area contributed by atoms with Gasteiger partial charge in [-0.1, -0.05) is 237 Å². The molecule has 0 aromatic heterocycles. The number of benzene rings is 8. The lowest BCUT2D eigenvalue weighted by molar-refractivity contribution is -0.166. The summed E-state index contributed by atoms with van der Waals surface area (Å²) in [5.74, 6) is -0.749. The Morgan fingerprint density at radius 2 is 0.769 bits per heavy atom. The molecule has 476 valence electrons. The van der Waals surface area contributed by atoms with Gasteiger partial charge in [0.15, 0.2) is 0 Å². The zero-order valence-electron chi connectivity index (χ0n) is 53.7. The molecule has 0 fully saturated rings. The summed E-state index contributed by atoms with van der Waals surface area (Å²) in [6.45, 7) is 22.5. The van der Waals surface area contributed by atoms with Crippen LogP contribution in [0.15, 0.2) is 244 Å². The summed E-state index contributed by atoms with van der Waals surface area (Å²) in [6.07, 6.45) is 6.15. The van der Waals surface area contributed by atoms with Gasteiger partial charge in [0, 0.05) is 21.5 Å². The van der Waals surface area contributed by atoms with Crippen LogP contribution >= 0.6 is 10.7 Å². The zero-order chi connectivity index (χ0) is 65.5. The van der Waals surface area contributed by atoms with Crippen molar-refractivity contribution in [3.63, 3.8) is 0 Å². The fraction of sp³-hybridized carbons (Fsp3) is 0.308. The van der Waals surface area contributed by atoms with Crippen LogP contribution in [0.3, 0.4) is 0 Å². The van der Waals surface area contributed by atoms with Gasteiger partial charge in [0.05, 0.1) is 50.4 Å². The van der Waals surface area contributed by atoms with Crippen molar-refractivity contribution in [1.29, 1.82) is 0 Å². The van der Waals surface area contributed by atoms with E-state index in [1.807, 2.05) is 145 Å². The number of aliphatic hydroxyl groups excluding tert-OH is 1. The van der Waals surface area contributed by atoms with Crippen molar-refractivity contribution >= 4 is 31.7 Å². The number of hydrogen-bond donors (Lipinski definition) is 3. The van der Waals surface area contributed by atoms with E-state index in [-0.39, 0.29) is 19.2 Å². The number of allylic oxidation sites excluding steroid dienone is 2. The maximum atomic E-state index is 14.5. The molecule has 10 rings (SSSR count). The number of hydrogen-bond acceptors (Lipinski definition) is 11. The Hall–Kier alpha value is -7.78. The molecule has 3 N–H and O–H groups in total. The van der Waals surface area contributed by atoms with Crippen LogP contribution in [-0.4, -0.2) is 74.8 Å². The summed E-state index contributed by atoms with van der Waals surface area (Å²) < 4.78 is 43.8. The van der Waals surface area contributed by atoms with Crippen LogP contribution in [0.1, 0.15) is 112 Å². The smallest absolute Gasteiger partial charge is 0.324 e. The number of aliphatic hydroxyl groups is 1. The van der Waals surface area contributed by atoms with Gasteiger partial charge < -0.3 is 24.1 Å². The second-order valence-corrected chi connectivity index (χ2v) is 28.5. The standard InChI is InChI=1S/C39H43NO3.C38H41NO4.CH3ClO2S/c1-6-26-38(7-2,28-42-27-29-18-10-8-11-19-29)35(36(41)43-37(3,4)5)40-39(30-20-12-9-13-21-30)33-24-16-14-22-31(33)32-23-15-17-25-34(32)39;1-5-24-37(26-40,27-42-25-28-16-8-6-9-17-28)34(35(41)43-36(2,3)4)39-38(29-18-10-7-11-19-29)32-22-14-12-20-30(32)31-21-13-15-23-33(31)38;1-5(2,3)4/h6,8-25,35,40H,1,7,26-28H2,2-5H3;5-23,34,39-40H,1,24-27H2,2-4H3;1H3/t35-,38?;34-,37?;/m11./s1. The molecule has 0 spiro atoms. The van der Waals surface area contributed by atoms with Crippen LogP contribution in [0.4, 0.5) is 0 Å². The van der Waals surface area contributed by atoms with E-state index in [1.165, 1.54) is 0 Å². The van der Waals surface area contributed by atoms with Gasteiger partial charge in [-0.2, -0.15) is 0 Å². The van der Waals surface area contributed by atoms with Gasteiger partial charge in [0.25, 0.3) is 0 Å². The van der Waals surface area contributed by atoms with Gasteiger partial charge in [-0.3, -0.25) is 20.2 Å². The number of carbonyl (C=O) groups is 2. The van der Waals surface area contributed by atoms with Crippen LogP contribution < -0.4 is 10.6 Å². The first kappa shape index (κ1) is 69.1. The molecule has 0 saturated carbocycles. The fourth-order valence-corrected chi connectivity index (χ4v) is 12.7. The van der Waals surface area contributed by atoms with Gasteiger partial charge in [-0.25, -0.2) is 8.42 Å². The van der Waals surface area contributed by atoms with Crippen LogP contribution in [0.2, 0.25) is 0 Å². The highest BCUT2D eigenvalue weighted by Crippen LogP contribution is 2.54. The van der Waals surface area contributed by atoms with E-state index in [2.05, 4.69) is 163 Å². The highest BCUT2D eigenvalue weighted by atomic mass is 35.7. The number of nitrogens with one attached hydrogen (secondary N) is 2. The lowest BCUT2D eigenvalue weighted by Gasteiger charge is -2.45. The Kier molecular flexibility index (Phi) is 22.9. The van der Waals surface area contributed by atoms with E-state index in [0.717, 1.165) is 73.0 Å². The minimum Gasteiger partial charge on any atom is -0.459 e. The fourth-order valence-electron chi connectivity index (χ4n) is 12.7. The number of fused-ring (bicyclic) bond motifs is 6. The molecule has 0 heterocycles. The second-order valence-electron chi connectivity index (χ2n) is 25.5. The molecule has 0 saturated heterocycles. The molecule has 91 heavy (non-hydrogen) atoms. The third-order valence-corrected chi connectivity index (χ3v) is 16.7. The first-order valence-corrected chi connectivity index (χ1v) is 33.7. The summed E-state index contributed by atoms with van der Waals surface area (Å²) in [6, 6.07) is 72.5. The summed E-state index contributed by atoms with van der Waals surface area (Å²) in [4.78, 5) is 28.9. The van der Waals surface area contributed by atoms with Crippen molar-refractivity contribution in [3.05, 3.63) is 288 Å². The molecule has 2 aliphatic carbocycles. The van der Waals surface area contributed by atoms with Crippen molar-refractivity contribution in [1.82, 2.24) is 10.6 Å². The molecular formula is C78H87ClN2O9S. The molecular weight excluding hydrogens is 1180 g/mol. The summed E-state index contributed by atoms with van der Waals surface area (Å²) in [7, 11) is 1.31. The average Bonchev–Trinajstić information content (AvgIpc) is 1.58. The molecule has 0 radical (unpaired) electrons. The molecule has 2 aliphatic rings. The highest BCUT2D eigenvalue weighted by molar-refractivity contribution is 8.13. The quantitative estimate of drug-likeness (QED) is 0.0301. The van der Waals surface area contributed by atoms with Gasteiger partial charge >= 0.3 is 11.9 Å². The minimum atomic E-state index is -3.19. The largest absolute Gasteiger partial charge is 0.459 e. The summed E-state index contributed by atoms with van der Waals surface area (Å²) in [5, 5.41) is 19.0. The van der Waals surface area contributed by atoms with E-state index in [4.69, 9.17) is 18.9 Å². The van der Waals surface area contributed by atoms with Gasteiger partial charge in [0.1, 0.15) is 23.3 Å². The monoisotopic (exact) mass is 1260 g/mol. The van der Waals surface area contributed by atoms with Crippen LogP contribution in [0.5, 0.6) is 0 Å². The van der Waals surface area contributed by atoms with Crippen molar-refractivity contribution in [2.24, 2.45) is 10.8 Å². The van der Waals surface area contributed by atoms with E-state index in [1.54, 1.807) is 6.08 Å². The Morgan fingerprint density at radius 3 is 1.07 bits per heavy atom. The van der Waals surface area contributed by atoms with E-state index < -0.39 is 60.2 Å². The maximum Gasteiger partial charge on any atom is 0.324 e. The molecule has 4 atom stereocenters. The molecule has 8 aromatic rings. The first-order chi connectivity index (χ1) is 43.5. The second kappa shape index (κ2) is 30.1. The third-order valence-electron chi connectivity index (χ3n) is 16.7. The predicted octanol–water partition coefficient (Wildman–Crippen LogP) is 15.7. The van der Waals surface area contributed by atoms with Crippen molar-refractivity contribution in [2.75, 3.05) is 26.1 Å². The Labute approximate surface area is 544 Å². The zero-order valence-corrected chi connectivity index (χ0v) is 55.2.